The summed E-state index contributed by atoms with van der Waals surface area (Å²) in [6, 6.07) is 14.3. The Morgan fingerprint density at radius 3 is 2.70 bits per heavy atom. The van der Waals surface area contributed by atoms with Crippen LogP contribution < -0.4 is 0 Å². The van der Waals surface area contributed by atoms with Crippen molar-refractivity contribution in [3.8, 4) is 0 Å². The van der Waals surface area contributed by atoms with Gasteiger partial charge in [-0.2, -0.15) is 0 Å². The Morgan fingerprint density at radius 1 is 1.15 bits per heavy atom. The van der Waals surface area contributed by atoms with Crippen LogP contribution in [0.2, 0.25) is 0 Å². The quantitative estimate of drug-likeness (QED) is 0.679. The smallest absolute Gasteiger partial charge is 0.160 e. The molecule has 0 aliphatic rings. The van der Waals surface area contributed by atoms with E-state index in [2.05, 4.69) is 38.8 Å². The lowest BCUT2D eigenvalue weighted by atomic mass is 10.1. The van der Waals surface area contributed by atoms with E-state index in [1.165, 1.54) is 5.56 Å². The maximum absolute atomic E-state index is 6.25. The van der Waals surface area contributed by atoms with Crippen molar-refractivity contribution in [1.29, 1.82) is 0 Å². The number of imidazole rings is 1. The first kappa shape index (κ1) is 13.1. The summed E-state index contributed by atoms with van der Waals surface area (Å²) in [5.41, 5.74) is 3.12. The predicted octanol–water partition coefficient (Wildman–Crippen LogP) is 3.97. The third-order valence-electron chi connectivity index (χ3n) is 3.36. The molecule has 20 heavy (non-hydrogen) atoms. The summed E-state index contributed by atoms with van der Waals surface area (Å²) in [6.45, 7) is 2.78. The lowest BCUT2D eigenvalue weighted by molar-refractivity contribution is 0.663. The minimum Gasteiger partial charge on any atom is -0.311 e. The van der Waals surface area contributed by atoms with Gasteiger partial charge in [-0.05, 0) is 31.0 Å². The molecule has 2 heterocycles. The van der Waals surface area contributed by atoms with Gasteiger partial charge >= 0.3 is 0 Å². The molecule has 0 spiro atoms. The van der Waals surface area contributed by atoms with Crippen LogP contribution in [0, 0.1) is 0 Å². The van der Waals surface area contributed by atoms with Crippen molar-refractivity contribution in [3.63, 3.8) is 0 Å². The highest BCUT2D eigenvalue weighted by molar-refractivity contribution is 6.20. The fourth-order valence-electron chi connectivity index (χ4n) is 2.39. The summed E-state index contributed by atoms with van der Waals surface area (Å²) >= 11 is 6.25. The van der Waals surface area contributed by atoms with Gasteiger partial charge in [-0.15, -0.1) is 11.6 Å². The van der Waals surface area contributed by atoms with Crippen LogP contribution in [0.3, 0.4) is 0 Å². The second-order valence-corrected chi connectivity index (χ2v) is 5.47. The molecule has 1 unspecified atom stereocenters. The normalized spacial score (nSPS) is 12.7. The zero-order valence-electron chi connectivity index (χ0n) is 11.3. The largest absolute Gasteiger partial charge is 0.311 e. The number of benzene rings is 1. The molecular weight excluding hydrogens is 270 g/mol. The van der Waals surface area contributed by atoms with Crippen molar-refractivity contribution in [2.24, 2.45) is 0 Å². The summed E-state index contributed by atoms with van der Waals surface area (Å²) < 4.78 is 2.12. The Hall–Kier alpha value is -1.87. The summed E-state index contributed by atoms with van der Waals surface area (Å²) in [5, 5.41) is -0.125. The molecule has 0 bridgehead atoms. The first-order chi connectivity index (χ1) is 9.75. The van der Waals surface area contributed by atoms with E-state index in [-0.39, 0.29) is 5.38 Å². The minimum atomic E-state index is -0.125. The molecule has 0 aliphatic carbocycles. The molecule has 0 saturated heterocycles. The van der Waals surface area contributed by atoms with Gasteiger partial charge in [-0.1, -0.05) is 30.3 Å². The molecule has 4 heteroatoms. The maximum Gasteiger partial charge on any atom is 0.160 e. The Balaban J connectivity index is 1.95. The summed E-state index contributed by atoms with van der Waals surface area (Å²) in [7, 11) is 0. The van der Waals surface area contributed by atoms with E-state index in [1.807, 2.05) is 25.1 Å². The van der Waals surface area contributed by atoms with Crippen LogP contribution in [0.5, 0.6) is 0 Å². The highest BCUT2D eigenvalue weighted by Crippen LogP contribution is 2.23. The maximum atomic E-state index is 6.25. The van der Waals surface area contributed by atoms with Crippen LogP contribution in [0.1, 0.15) is 23.7 Å². The van der Waals surface area contributed by atoms with E-state index >= 15 is 0 Å². The number of aromatic nitrogens is 3. The van der Waals surface area contributed by atoms with Crippen LogP contribution in [0.25, 0.3) is 11.2 Å². The highest BCUT2D eigenvalue weighted by atomic mass is 35.5. The highest BCUT2D eigenvalue weighted by Gasteiger charge is 2.15. The predicted molar refractivity (Wildman–Crippen MR) is 81.9 cm³/mol. The first-order valence-electron chi connectivity index (χ1n) is 6.75. The number of hydrogen-bond donors (Lipinski definition) is 0. The van der Waals surface area contributed by atoms with E-state index in [0.29, 0.717) is 0 Å². The van der Waals surface area contributed by atoms with E-state index in [4.69, 9.17) is 11.6 Å². The Labute approximate surface area is 123 Å². The van der Waals surface area contributed by atoms with Gasteiger partial charge in [0.15, 0.2) is 5.65 Å². The number of aryl methyl sites for hydroxylation is 2. The van der Waals surface area contributed by atoms with Crippen molar-refractivity contribution in [1.82, 2.24) is 14.5 Å². The molecule has 3 nitrogen and oxygen atoms in total. The summed E-state index contributed by atoms with van der Waals surface area (Å²) in [6.07, 6.45) is 2.74. The minimum absolute atomic E-state index is 0.125. The van der Waals surface area contributed by atoms with Crippen molar-refractivity contribution in [2.75, 3.05) is 0 Å². The van der Waals surface area contributed by atoms with Crippen LogP contribution in [-0.2, 0) is 13.0 Å². The fourth-order valence-corrected chi connectivity index (χ4v) is 2.55. The van der Waals surface area contributed by atoms with Gasteiger partial charge in [0.05, 0.1) is 5.38 Å². The van der Waals surface area contributed by atoms with Gasteiger partial charge in [0.25, 0.3) is 0 Å². The van der Waals surface area contributed by atoms with Crippen molar-refractivity contribution in [2.45, 2.75) is 25.3 Å². The average Bonchev–Trinajstić information content (AvgIpc) is 2.85. The lowest BCUT2D eigenvalue weighted by Gasteiger charge is -2.09. The van der Waals surface area contributed by atoms with E-state index in [0.717, 1.165) is 30.0 Å². The number of nitrogens with zero attached hydrogens (tertiary/aromatic N) is 3. The topological polar surface area (TPSA) is 30.7 Å². The third kappa shape index (κ3) is 2.54. The molecule has 0 saturated carbocycles. The van der Waals surface area contributed by atoms with Gasteiger partial charge < -0.3 is 4.57 Å². The molecule has 1 atom stereocenters. The van der Waals surface area contributed by atoms with Crippen molar-refractivity contribution < 1.29 is 0 Å². The van der Waals surface area contributed by atoms with Gasteiger partial charge in [0, 0.05) is 12.7 Å². The Morgan fingerprint density at radius 2 is 1.95 bits per heavy atom. The summed E-state index contributed by atoms with van der Waals surface area (Å²) in [4.78, 5) is 9.03. The number of halogens is 1. The molecule has 0 fully saturated rings. The van der Waals surface area contributed by atoms with E-state index < -0.39 is 0 Å². The lowest BCUT2D eigenvalue weighted by Crippen LogP contribution is -2.07. The number of fused-ring (bicyclic) bond motifs is 1. The first-order valence-corrected chi connectivity index (χ1v) is 7.18. The molecule has 0 N–H and O–H groups in total. The van der Waals surface area contributed by atoms with Crippen LogP contribution >= 0.6 is 11.6 Å². The molecule has 3 rings (SSSR count). The molecular formula is C16H16ClN3. The van der Waals surface area contributed by atoms with Gasteiger partial charge in [0.2, 0.25) is 0 Å². The van der Waals surface area contributed by atoms with E-state index in [1.54, 1.807) is 6.20 Å². The Bertz CT molecular complexity index is 704. The molecule has 2 aromatic heterocycles. The van der Waals surface area contributed by atoms with E-state index in [9.17, 15) is 0 Å². The van der Waals surface area contributed by atoms with Crippen LogP contribution in [-0.4, -0.2) is 14.5 Å². The molecule has 3 aromatic rings. The third-order valence-corrected chi connectivity index (χ3v) is 3.55. The molecule has 0 aliphatic heterocycles. The van der Waals surface area contributed by atoms with Crippen molar-refractivity contribution >= 4 is 22.8 Å². The summed E-state index contributed by atoms with van der Waals surface area (Å²) in [5.74, 6) is 0.885. The van der Waals surface area contributed by atoms with Crippen LogP contribution in [0.4, 0.5) is 0 Å². The van der Waals surface area contributed by atoms with Gasteiger partial charge in [0.1, 0.15) is 11.3 Å². The monoisotopic (exact) mass is 285 g/mol. The van der Waals surface area contributed by atoms with Crippen LogP contribution in [0.15, 0.2) is 48.7 Å². The van der Waals surface area contributed by atoms with Gasteiger partial charge in [-0.25, -0.2) is 9.97 Å². The number of alkyl halides is 1. The number of rotatable bonds is 4. The second kappa shape index (κ2) is 5.63. The molecule has 0 radical (unpaired) electrons. The van der Waals surface area contributed by atoms with Crippen molar-refractivity contribution in [3.05, 3.63) is 60.0 Å². The van der Waals surface area contributed by atoms with Gasteiger partial charge in [-0.3, -0.25) is 0 Å². The average molecular weight is 286 g/mol. The molecule has 102 valence electrons. The standard InChI is InChI=1S/C16H16ClN3/c1-12(17)15-19-14-8-5-10-18-16(14)20(15)11-9-13-6-3-2-4-7-13/h2-8,10,12H,9,11H2,1H3. The molecule has 1 aromatic carbocycles. The fraction of sp³-hybridized carbons (Fsp3) is 0.250. The molecule has 0 amide bonds. The zero-order chi connectivity index (χ0) is 13.9. The Kier molecular flexibility index (Phi) is 3.70. The number of pyridine rings is 1. The number of hydrogen-bond acceptors (Lipinski definition) is 2. The SMILES string of the molecule is CC(Cl)c1nc2cccnc2n1CCc1ccccc1. The zero-order valence-corrected chi connectivity index (χ0v) is 12.1. The second-order valence-electron chi connectivity index (χ2n) is 4.82.